The molecule has 1 fully saturated rings. The number of carbonyl (C=O) groups excluding carboxylic acids is 1. The van der Waals surface area contributed by atoms with E-state index in [-0.39, 0.29) is 5.91 Å². The second-order valence-electron chi connectivity index (χ2n) is 5.53. The van der Waals surface area contributed by atoms with Crippen molar-refractivity contribution in [2.75, 3.05) is 6.54 Å². The van der Waals surface area contributed by atoms with Gasteiger partial charge < -0.3 is 15.0 Å². The summed E-state index contributed by atoms with van der Waals surface area (Å²) in [4.78, 5) is 29.0. The predicted molar refractivity (Wildman–Crippen MR) is 79.2 cm³/mol. The van der Waals surface area contributed by atoms with Crippen LogP contribution in [0.1, 0.15) is 36.5 Å². The van der Waals surface area contributed by atoms with Crippen molar-refractivity contribution in [3.05, 3.63) is 36.0 Å². The van der Waals surface area contributed by atoms with Crippen LogP contribution in [0.15, 0.2) is 30.5 Å². The average molecular weight is 286 g/mol. The zero-order chi connectivity index (χ0) is 15.0. The van der Waals surface area contributed by atoms with Gasteiger partial charge in [0.2, 0.25) is 0 Å². The molecule has 2 N–H and O–H groups in total. The molecular formula is C16H18N2O3. The van der Waals surface area contributed by atoms with Crippen LogP contribution < -0.4 is 0 Å². The number of likely N-dealkylation sites (tertiary alicyclic amines) is 1. The van der Waals surface area contributed by atoms with E-state index in [0.717, 1.165) is 17.3 Å². The highest BCUT2D eigenvalue weighted by molar-refractivity contribution is 6.01. The van der Waals surface area contributed by atoms with E-state index in [0.29, 0.717) is 24.9 Å². The van der Waals surface area contributed by atoms with Gasteiger partial charge in [-0.2, -0.15) is 0 Å². The minimum atomic E-state index is -1.05. The summed E-state index contributed by atoms with van der Waals surface area (Å²) < 4.78 is 0. The van der Waals surface area contributed by atoms with Crippen molar-refractivity contribution in [3.8, 4) is 0 Å². The number of aromatic amines is 1. The zero-order valence-electron chi connectivity index (χ0n) is 11.9. The van der Waals surface area contributed by atoms with Gasteiger partial charge in [0.1, 0.15) is 5.54 Å². The second kappa shape index (κ2) is 4.91. The minimum absolute atomic E-state index is 0.195. The number of carboxylic acid groups (broad SMARTS) is 1. The number of benzene rings is 1. The molecule has 1 amide bonds. The monoisotopic (exact) mass is 286 g/mol. The molecule has 1 aromatic heterocycles. The number of rotatable bonds is 3. The molecular weight excluding hydrogens is 268 g/mol. The Morgan fingerprint density at radius 1 is 1.38 bits per heavy atom. The maximum Gasteiger partial charge on any atom is 0.329 e. The number of hydrogen-bond acceptors (Lipinski definition) is 2. The highest BCUT2D eigenvalue weighted by Crippen LogP contribution is 2.34. The molecule has 5 heteroatoms. The van der Waals surface area contributed by atoms with E-state index in [1.165, 1.54) is 4.90 Å². The number of fused-ring (bicyclic) bond motifs is 1. The molecule has 0 saturated carbocycles. The molecule has 5 nitrogen and oxygen atoms in total. The van der Waals surface area contributed by atoms with Gasteiger partial charge >= 0.3 is 5.97 Å². The second-order valence-corrected chi connectivity index (χ2v) is 5.53. The van der Waals surface area contributed by atoms with Gasteiger partial charge in [0.05, 0.1) is 0 Å². The lowest BCUT2D eigenvalue weighted by atomic mass is 9.92. The standard InChI is InChI=1S/C16H18N2O3/c1-2-16(15(20)21)7-3-9-18(16)14(19)12-4-5-13-11(10-12)6-8-17-13/h4-6,8,10,17H,2-3,7,9H2,1H3,(H,20,21). The largest absolute Gasteiger partial charge is 0.479 e. The fraction of sp³-hybridized carbons (Fsp3) is 0.375. The number of H-pyrrole nitrogens is 1. The van der Waals surface area contributed by atoms with Gasteiger partial charge in [0.25, 0.3) is 5.91 Å². The van der Waals surface area contributed by atoms with E-state index < -0.39 is 11.5 Å². The van der Waals surface area contributed by atoms with E-state index in [2.05, 4.69) is 4.98 Å². The average Bonchev–Trinajstić information content (AvgIpc) is 3.12. The van der Waals surface area contributed by atoms with Crippen molar-refractivity contribution in [1.82, 2.24) is 9.88 Å². The SMILES string of the molecule is CCC1(C(=O)O)CCCN1C(=O)c1ccc2[nH]ccc2c1. The highest BCUT2D eigenvalue weighted by atomic mass is 16.4. The molecule has 1 aromatic carbocycles. The van der Waals surface area contributed by atoms with Gasteiger partial charge in [-0.25, -0.2) is 4.79 Å². The first-order valence-corrected chi connectivity index (χ1v) is 7.21. The predicted octanol–water partition coefficient (Wildman–Crippen LogP) is 2.64. The van der Waals surface area contributed by atoms with Gasteiger partial charge in [-0.05, 0) is 43.5 Å². The quantitative estimate of drug-likeness (QED) is 0.911. The molecule has 2 heterocycles. The van der Waals surface area contributed by atoms with Crippen LogP contribution in [-0.4, -0.2) is 39.0 Å². The van der Waals surface area contributed by atoms with E-state index in [1.54, 1.807) is 6.07 Å². The van der Waals surface area contributed by atoms with Crippen molar-refractivity contribution < 1.29 is 14.7 Å². The molecule has 1 saturated heterocycles. The van der Waals surface area contributed by atoms with Crippen molar-refractivity contribution in [2.45, 2.75) is 31.7 Å². The summed E-state index contributed by atoms with van der Waals surface area (Å²) in [7, 11) is 0. The molecule has 1 aliphatic heterocycles. The lowest BCUT2D eigenvalue weighted by Crippen LogP contribution is -2.52. The van der Waals surface area contributed by atoms with Crippen LogP contribution in [-0.2, 0) is 4.79 Å². The number of hydrogen-bond donors (Lipinski definition) is 2. The Bertz CT molecular complexity index is 706. The number of aliphatic carboxylic acids is 1. The van der Waals surface area contributed by atoms with Crippen molar-refractivity contribution in [1.29, 1.82) is 0 Å². The van der Waals surface area contributed by atoms with Crippen LogP contribution in [0.2, 0.25) is 0 Å². The van der Waals surface area contributed by atoms with Crippen molar-refractivity contribution >= 4 is 22.8 Å². The minimum Gasteiger partial charge on any atom is -0.479 e. The lowest BCUT2D eigenvalue weighted by Gasteiger charge is -2.34. The van der Waals surface area contributed by atoms with E-state index in [1.807, 2.05) is 31.3 Å². The van der Waals surface area contributed by atoms with E-state index in [9.17, 15) is 14.7 Å². The smallest absolute Gasteiger partial charge is 0.329 e. The molecule has 3 rings (SSSR count). The van der Waals surface area contributed by atoms with Crippen LogP contribution in [0, 0.1) is 0 Å². The number of nitrogens with one attached hydrogen (secondary N) is 1. The normalized spacial score (nSPS) is 21.9. The Morgan fingerprint density at radius 3 is 2.90 bits per heavy atom. The first-order chi connectivity index (χ1) is 10.1. The maximum atomic E-state index is 12.7. The Kier molecular flexibility index (Phi) is 3.20. The van der Waals surface area contributed by atoms with Crippen LogP contribution in [0.3, 0.4) is 0 Å². The summed E-state index contributed by atoms with van der Waals surface area (Å²) in [5.74, 6) is -1.10. The fourth-order valence-corrected chi connectivity index (χ4v) is 3.26. The van der Waals surface area contributed by atoms with Gasteiger partial charge in [-0.3, -0.25) is 4.79 Å². The van der Waals surface area contributed by atoms with Gasteiger partial charge in [-0.15, -0.1) is 0 Å². The third-order valence-corrected chi connectivity index (χ3v) is 4.52. The molecule has 0 radical (unpaired) electrons. The molecule has 1 aliphatic rings. The van der Waals surface area contributed by atoms with Crippen LogP contribution in [0.5, 0.6) is 0 Å². The molecule has 21 heavy (non-hydrogen) atoms. The van der Waals surface area contributed by atoms with Gasteiger partial charge in [0.15, 0.2) is 0 Å². The number of amides is 1. The summed E-state index contributed by atoms with van der Waals surface area (Å²) in [6.45, 7) is 2.33. The van der Waals surface area contributed by atoms with Crippen molar-refractivity contribution in [2.24, 2.45) is 0 Å². The number of aromatic nitrogens is 1. The number of carbonyl (C=O) groups is 2. The van der Waals surface area contributed by atoms with Crippen LogP contribution >= 0.6 is 0 Å². The topological polar surface area (TPSA) is 73.4 Å². The Hall–Kier alpha value is -2.30. The van der Waals surface area contributed by atoms with E-state index >= 15 is 0 Å². The summed E-state index contributed by atoms with van der Waals surface area (Å²) in [6, 6.07) is 7.32. The third kappa shape index (κ3) is 2.00. The van der Waals surface area contributed by atoms with Crippen LogP contribution in [0.25, 0.3) is 10.9 Å². The first kappa shape index (κ1) is 13.7. The third-order valence-electron chi connectivity index (χ3n) is 4.52. The zero-order valence-corrected chi connectivity index (χ0v) is 11.9. The van der Waals surface area contributed by atoms with Gasteiger partial charge in [0, 0.05) is 29.2 Å². The summed E-state index contributed by atoms with van der Waals surface area (Å²) in [5.41, 5.74) is 0.459. The Balaban J connectivity index is 1.98. The molecule has 0 spiro atoms. The summed E-state index contributed by atoms with van der Waals surface area (Å²) in [6.07, 6.45) is 3.51. The van der Waals surface area contributed by atoms with Crippen molar-refractivity contribution in [3.63, 3.8) is 0 Å². The fourth-order valence-electron chi connectivity index (χ4n) is 3.26. The molecule has 1 unspecified atom stereocenters. The number of carboxylic acids is 1. The van der Waals surface area contributed by atoms with Crippen LogP contribution in [0.4, 0.5) is 0 Å². The lowest BCUT2D eigenvalue weighted by molar-refractivity contribution is -0.148. The summed E-state index contributed by atoms with van der Waals surface area (Å²) in [5, 5.41) is 10.5. The first-order valence-electron chi connectivity index (χ1n) is 7.21. The molecule has 2 aromatic rings. The summed E-state index contributed by atoms with van der Waals surface area (Å²) >= 11 is 0. The molecule has 0 aliphatic carbocycles. The molecule has 0 bridgehead atoms. The van der Waals surface area contributed by atoms with Gasteiger partial charge in [-0.1, -0.05) is 6.92 Å². The van der Waals surface area contributed by atoms with E-state index in [4.69, 9.17) is 0 Å². The molecule has 1 atom stereocenters. The Morgan fingerprint density at radius 2 is 2.19 bits per heavy atom. The maximum absolute atomic E-state index is 12.7. The highest BCUT2D eigenvalue weighted by Gasteiger charge is 2.48. The Labute approximate surface area is 122 Å². The number of nitrogens with zero attached hydrogens (tertiary/aromatic N) is 1. The molecule has 110 valence electrons.